The Kier molecular flexibility index (Phi) is 3.63. The number of ether oxygens (including phenoxy) is 1. The van der Waals surface area contributed by atoms with E-state index in [0.717, 1.165) is 24.5 Å². The van der Waals surface area contributed by atoms with Crippen LogP contribution in [0.2, 0.25) is 0 Å². The molecule has 4 nitrogen and oxygen atoms in total. The first-order chi connectivity index (χ1) is 7.28. The third kappa shape index (κ3) is 3.97. The van der Waals surface area contributed by atoms with E-state index in [1.807, 2.05) is 4.72 Å². The fourth-order valence-corrected chi connectivity index (χ4v) is 1.53. The molecular formula is C8H8F3NO3S. The number of benzene rings is 1. The Labute approximate surface area is 90.1 Å². The van der Waals surface area contributed by atoms with Crippen molar-refractivity contribution in [3.8, 4) is 5.75 Å². The van der Waals surface area contributed by atoms with Crippen molar-refractivity contribution < 1.29 is 26.3 Å². The molecule has 90 valence electrons. The Morgan fingerprint density at radius 1 is 1.38 bits per heavy atom. The normalized spacial score (nSPS) is 11.6. The lowest BCUT2D eigenvalue weighted by molar-refractivity contribution is -0.0521. The van der Waals surface area contributed by atoms with E-state index in [1.165, 1.54) is 0 Å². The van der Waals surface area contributed by atoms with E-state index in [4.69, 9.17) is 0 Å². The number of anilines is 1. The Balaban J connectivity index is 2.91. The summed E-state index contributed by atoms with van der Waals surface area (Å²) in [4.78, 5) is 0. The molecule has 0 aliphatic heterocycles. The molecule has 0 radical (unpaired) electrons. The third-order valence-corrected chi connectivity index (χ3v) is 2.06. The zero-order valence-corrected chi connectivity index (χ0v) is 8.89. The van der Waals surface area contributed by atoms with Crippen molar-refractivity contribution in [3.05, 3.63) is 24.0 Å². The van der Waals surface area contributed by atoms with Crippen LogP contribution >= 0.6 is 0 Å². The maximum atomic E-state index is 13.1. The second kappa shape index (κ2) is 4.60. The van der Waals surface area contributed by atoms with Gasteiger partial charge in [-0.25, -0.2) is 12.8 Å². The van der Waals surface area contributed by atoms with E-state index < -0.39 is 28.2 Å². The number of rotatable bonds is 4. The minimum atomic E-state index is -3.54. The van der Waals surface area contributed by atoms with Gasteiger partial charge in [-0.3, -0.25) is 4.72 Å². The van der Waals surface area contributed by atoms with E-state index in [9.17, 15) is 21.6 Å². The minimum Gasteiger partial charge on any atom is -0.432 e. The molecule has 0 aliphatic carbocycles. The molecular weight excluding hydrogens is 247 g/mol. The van der Waals surface area contributed by atoms with Crippen LogP contribution in [-0.2, 0) is 10.0 Å². The van der Waals surface area contributed by atoms with Crippen molar-refractivity contribution >= 4 is 15.7 Å². The number of hydrogen-bond donors (Lipinski definition) is 1. The second-order valence-electron chi connectivity index (χ2n) is 2.90. The van der Waals surface area contributed by atoms with E-state index in [0.29, 0.717) is 0 Å². The highest BCUT2D eigenvalue weighted by molar-refractivity contribution is 7.92. The summed E-state index contributed by atoms with van der Waals surface area (Å²) in [6, 6.07) is 2.77. The smallest absolute Gasteiger partial charge is 0.387 e. The lowest BCUT2D eigenvalue weighted by Gasteiger charge is -2.08. The summed E-state index contributed by atoms with van der Waals surface area (Å²) in [7, 11) is -3.54. The summed E-state index contributed by atoms with van der Waals surface area (Å²) < 4.78 is 64.1. The minimum absolute atomic E-state index is 0.0679. The molecule has 0 bridgehead atoms. The lowest BCUT2D eigenvalue weighted by Crippen LogP contribution is -2.10. The quantitative estimate of drug-likeness (QED) is 0.892. The van der Waals surface area contributed by atoms with Gasteiger partial charge in [-0.1, -0.05) is 0 Å². The summed E-state index contributed by atoms with van der Waals surface area (Å²) >= 11 is 0. The van der Waals surface area contributed by atoms with Gasteiger partial charge in [0.05, 0.1) is 11.9 Å². The van der Waals surface area contributed by atoms with Crippen LogP contribution in [0.25, 0.3) is 0 Å². The average molecular weight is 255 g/mol. The highest BCUT2D eigenvalue weighted by atomic mass is 32.2. The second-order valence-corrected chi connectivity index (χ2v) is 4.65. The van der Waals surface area contributed by atoms with E-state index >= 15 is 0 Å². The fraction of sp³-hybridized carbons (Fsp3) is 0.250. The largest absolute Gasteiger partial charge is 0.432 e. The van der Waals surface area contributed by atoms with Gasteiger partial charge < -0.3 is 4.74 Å². The first kappa shape index (κ1) is 12.6. The average Bonchev–Trinajstić information content (AvgIpc) is 2.06. The number of nitrogens with one attached hydrogen (secondary N) is 1. The van der Waals surface area contributed by atoms with Crippen LogP contribution in [0.5, 0.6) is 5.75 Å². The van der Waals surface area contributed by atoms with E-state index in [-0.39, 0.29) is 5.69 Å². The molecule has 8 heteroatoms. The molecule has 0 saturated heterocycles. The van der Waals surface area contributed by atoms with Crippen molar-refractivity contribution in [1.29, 1.82) is 0 Å². The van der Waals surface area contributed by atoms with Gasteiger partial charge in [0.25, 0.3) is 0 Å². The third-order valence-electron chi connectivity index (χ3n) is 1.45. The molecule has 1 rings (SSSR count). The van der Waals surface area contributed by atoms with Crippen LogP contribution in [0.4, 0.5) is 18.9 Å². The Morgan fingerprint density at radius 2 is 2.00 bits per heavy atom. The number of sulfonamides is 1. The molecule has 0 fully saturated rings. The summed E-state index contributed by atoms with van der Waals surface area (Å²) in [5.41, 5.74) is -0.0679. The van der Waals surface area contributed by atoms with Crippen molar-refractivity contribution in [3.63, 3.8) is 0 Å². The van der Waals surface area contributed by atoms with Gasteiger partial charge in [-0.05, 0) is 12.1 Å². The zero-order valence-electron chi connectivity index (χ0n) is 8.08. The monoisotopic (exact) mass is 255 g/mol. The highest BCUT2D eigenvalue weighted by Gasteiger charge is 2.11. The van der Waals surface area contributed by atoms with Crippen molar-refractivity contribution in [2.75, 3.05) is 11.0 Å². The molecule has 0 heterocycles. The van der Waals surface area contributed by atoms with Gasteiger partial charge in [0.2, 0.25) is 10.0 Å². The molecule has 0 spiro atoms. The molecule has 0 amide bonds. The van der Waals surface area contributed by atoms with Crippen molar-refractivity contribution in [2.24, 2.45) is 0 Å². The van der Waals surface area contributed by atoms with Crippen LogP contribution in [0.15, 0.2) is 18.2 Å². The summed E-state index contributed by atoms with van der Waals surface area (Å²) in [6.45, 7) is -3.14. The Morgan fingerprint density at radius 3 is 2.44 bits per heavy atom. The predicted molar refractivity (Wildman–Crippen MR) is 51.5 cm³/mol. The molecule has 1 aromatic rings. The van der Waals surface area contributed by atoms with E-state index in [2.05, 4.69) is 4.74 Å². The summed E-state index contributed by atoms with van der Waals surface area (Å²) in [5.74, 6) is -1.72. The summed E-state index contributed by atoms with van der Waals surface area (Å²) in [6.07, 6.45) is 0.883. The Hall–Kier alpha value is -1.44. The number of alkyl halides is 2. The van der Waals surface area contributed by atoms with Gasteiger partial charge in [0.15, 0.2) is 11.6 Å². The van der Waals surface area contributed by atoms with Gasteiger partial charge in [-0.15, -0.1) is 0 Å². The van der Waals surface area contributed by atoms with Gasteiger partial charge in [0.1, 0.15) is 0 Å². The first-order valence-corrected chi connectivity index (χ1v) is 5.89. The predicted octanol–water partition coefficient (Wildman–Crippen LogP) is 1.80. The Bertz CT molecular complexity index is 475. The fourth-order valence-electron chi connectivity index (χ4n) is 0.970. The van der Waals surface area contributed by atoms with Crippen molar-refractivity contribution in [1.82, 2.24) is 0 Å². The topological polar surface area (TPSA) is 55.4 Å². The van der Waals surface area contributed by atoms with Crippen molar-refractivity contribution in [2.45, 2.75) is 6.61 Å². The first-order valence-electron chi connectivity index (χ1n) is 4.00. The maximum absolute atomic E-state index is 13.1. The maximum Gasteiger partial charge on any atom is 0.387 e. The van der Waals surface area contributed by atoms with Gasteiger partial charge in [-0.2, -0.15) is 8.78 Å². The molecule has 16 heavy (non-hydrogen) atoms. The molecule has 0 aromatic heterocycles. The number of hydrogen-bond acceptors (Lipinski definition) is 3. The SMILES string of the molecule is CS(=O)(=O)Nc1ccc(OC(F)F)c(F)c1. The molecule has 0 saturated carbocycles. The van der Waals surface area contributed by atoms with Crippen LogP contribution in [0.3, 0.4) is 0 Å². The molecule has 0 atom stereocenters. The molecule has 0 aliphatic rings. The van der Waals surface area contributed by atoms with E-state index in [1.54, 1.807) is 0 Å². The highest BCUT2D eigenvalue weighted by Crippen LogP contribution is 2.23. The lowest BCUT2D eigenvalue weighted by atomic mass is 10.3. The van der Waals surface area contributed by atoms with Gasteiger partial charge >= 0.3 is 6.61 Å². The van der Waals surface area contributed by atoms with Crippen LogP contribution < -0.4 is 9.46 Å². The standard InChI is InChI=1S/C8H8F3NO3S/c1-16(13,14)12-5-2-3-7(6(9)4-5)15-8(10)11/h2-4,8,12H,1H3. The molecule has 1 N–H and O–H groups in total. The number of halogens is 3. The van der Waals surface area contributed by atoms with Crippen LogP contribution in [-0.4, -0.2) is 21.3 Å². The van der Waals surface area contributed by atoms with Crippen LogP contribution in [0.1, 0.15) is 0 Å². The van der Waals surface area contributed by atoms with Crippen LogP contribution in [0, 0.1) is 5.82 Å². The summed E-state index contributed by atoms with van der Waals surface area (Å²) in [5, 5.41) is 0. The van der Waals surface area contributed by atoms with Gasteiger partial charge in [0, 0.05) is 6.07 Å². The molecule has 0 unspecified atom stereocenters. The zero-order chi connectivity index (χ0) is 12.3. The molecule has 1 aromatic carbocycles.